The SMILES string of the molecule is Cc1ccc(O)c(C=NOCC(C)(C)CON=C2CCCc3ccc(C)nc32)n1. The maximum atomic E-state index is 9.77. The van der Waals surface area contributed by atoms with Crippen LogP contribution >= 0.6 is 0 Å². The first kappa shape index (κ1) is 20.8. The van der Waals surface area contributed by atoms with Gasteiger partial charge in [0.05, 0.1) is 11.9 Å². The van der Waals surface area contributed by atoms with Crippen LogP contribution in [0.1, 0.15) is 55.0 Å². The molecule has 0 radical (unpaired) electrons. The van der Waals surface area contributed by atoms with Crippen LogP contribution in [-0.2, 0) is 16.1 Å². The number of nitrogens with zero attached hydrogens (tertiary/aromatic N) is 4. The summed E-state index contributed by atoms with van der Waals surface area (Å²) < 4.78 is 0. The number of aryl methyl sites for hydroxylation is 3. The van der Waals surface area contributed by atoms with E-state index < -0.39 is 0 Å². The Labute approximate surface area is 171 Å². The van der Waals surface area contributed by atoms with Crippen molar-refractivity contribution in [3.8, 4) is 5.75 Å². The van der Waals surface area contributed by atoms with Gasteiger partial charge in [-0.1, -0.05) is 30.2 Å². The van der Waals surface area contributed by atoms with Crippen LogP contribution in [0.25, 0.3) is 0 Å². The molecule has 2 aromatic rings. The number of rotatable bonds is 7. The monoisotopic (exact) mass is 396 g/mol. The molecule has 0 unspecified atom stereocenters. The van der Waals surface area contributed by atoms with Crippen molar-refractivity contribution in [1.29, 1.82) is 0 Å². The zero-order chi connectivity index (χ0) is 20.9. The van der Waals surface area contributed by atoms with Crippen LogP contribution in [-0.4, -0.2) is 40.2 Å². The molecule has 0 saturated carbocycles. The Morgan fingerprint density at radius 3 is 2.59 bits per heavy atom. The van der Waals surface area contributed by atoms with Crippen molar-refractivity contribution in [2.75, 3.05) is 13.2 Å². The van der Waals surface area contributed by atoms with Crippen LogP contribution in [0.4, 0.5) is 0 Å². The van der Waals surface area contributed by atoms with Crippen molar-refractivity contribution in [2.24, 2.45) is 15.7 Å². The second-order valence-electron chi connectivity index (χ2n) is 8.15. The van der Waals surface area contributed by atoms with E-state index in [0.717, 1.165) is 42.1 Å². The Balaban J connectivity index is 1.53. The highest BCUT2D eigenvalue weighted by atomic mass is 16.6. The molecule has 0 saturated heterocycles. The number of pyridine rings is 2. The average Bonchev–Trinajstić information content (AvgIpc) is 2.68. The lowest BCUT2D eigenvalue weighted by molar-refractivity contribution is 0.000287. The number of hydrogen-bond acceptors (Lipinski definition) is 7. The lowest BCUT2D eigenvalue weighted by Gasteiger charge is -2.22. The molecule has 29 heavy (non-hydrogen) atoms. The predicted octanol–water partition coefficient (Wildman–Crippen LogP) is 3.93. The van der Waals surface area contributed by atoms with Crippen LogP contribution in [0.3, 0.4) is 0 Å². The molecular weight excluding hydrogens is 368 g/mol. The van der Waals surface area contributed by atoms with E-state index in [-0.39, 0.29) is 11.2 Å². The maximum absolute atomic E-state index is 9.77. The van der Waals surface area contributed by atoms with Gasteiger partial charge in [0.2, 0.25) is 0 Å². The van der Waals surface area contributed by atoms with Crippen LogP contribution in [0, 0.1) is 19.3 Å². The molecule has 7 heteroatoms. The van der Waals surface area contributed by atoms with E-state index in [9.17, 15) is 5.11 Å². The highest BCUT2D eigenvalue weighted by Gasteiger charge is 2.22. The molecule has 0 spiro atoms. The molecule has 1 aliphatic carbocycles. The van der Waals surface area contributed by atoms with E-state index in [0.29, 0.717) is 18.9 Å². The normalized spacial score (nSPS) is 15.5. The Morgan fingerprint density at radius 1 is 1.03 bits per heavy atom. The van der Waals surface area contributed by atoms with Gasteiger partial charge in [0.1, 0.15) is 30.4 Å². The van der Waals surface area contributed by atoms with Gasteiger partial charge < -0.3 is 14.8 Å². The van der Waals surface area contributed by atoms with Gasteiger partial charge in [-0.05, 0) is 56.9 Å². The Bertz CT molecular complexity index is 922. The summed E-state index contributed by atoms with van der Waals surface area (Å²) in [6, 6.07) is 7.48. The highest BCUT2D eigenvalue weighted by molar-refractivity contribution is 6.00. The van der Waals surface area contributed by atoms with Crippen molar-refractivity contribution >= 4 is 11.9 Å². The molecule has 0 bridgehead atoms. The fourth-order valence-electron chi connectivity index (χ4n) is 2.98. The van der Waals surface area contributed by atoms with Crippen LogP contribution in [0.5, 0.6) is 5.75 Å². The van der Waals surface area contributed by atoms with Gasteiger partial charge >= 0.3 is 0 Å². The van der Waals surface area contributed by atoms with E-state index >= 15 is 0 Å². The second kappa shape index (κ2) is 9.03. The first-order valence-corrected chi connectivity index (χ1v) is 9.82. The number of aromatic nitrogens is 2. The highest BCUT2D eigenvalue weighted by Crippen LogP contribution is 2.22. The number of oxime groups is 2. The quantitative estimate of drug-likeness (QED) is 0.566. The Kier molecular flexibility index (Phi) is 6.46. The van der Waals surface area contributed by atoms with Gasteiger partial charge in [-0.2, -0.15) is 0 Å². The minimum absolute atomic E-state index is 0.0676. The summed E-state index contributed by atoms with van der Waals surface area (Å²) in [5, 5.41) is 18.1. The summed E-state index contributed by atoms with van der Waals surface area (Å²) in [4.78, 5) is 19.9. The number of aromatic hydroxyl groups is 1. The minimum atomic E-state index is -0.291. The molecular formula is C22H28N4O3. The zero-order valence-electron chi connectivity index (χ0n) is 17.5. The van der Waals surface area contributed by atoms with Crippen LogP contribution in [0.2, 0.25) is 0 Å². The molecule has 154 valence electrons. The molecule has 3 rings (SSSR count). The Morgan fingerprint density at radius 2 is 1.76 bits per heavy atom. The van der Waals surface area contributed by atoms with E-state index in [2.05, 4.69) is 26.3 Å². The largest absolute Gasteiger partial charge is 0.506 e. The first-order chi connectivity index (χ1) is 13.8. The number of hydrogen-bond donors (Lipinski definition) is 1. The van der Waals surface area contributed by atoms with Crippen molar-refractivity contribution in [3.63, 3.8) is 0 Å². The lowest BCUT2D eigenvalue weighted by Crippen LogP contribution is -2.24. The first-order valence-electron chi connectivity index (χ1n) is 9.82. The smallest absolute Gasteiger partial charge is 0.142 e. The van der Waals surface area contributed by atoms with Gasteiger partial charge in [0, 0.05) is 16.8 Å². The van der Waals surface area contributed by atoms with Crippen LogP contribution < -0.4 is 0 Å². The third-order valence-corrected chi connectivity index (χ3v) is 4.63. The molecule has 7 nitrogen and oxygen atoms in total. The van der Waals surface area contributed by atoms with Gasteiger partial charge in [-0.3, -0.25) is 4.98 Å². The molecule has 0 amide bonds. The van der Waals surface area contributed by atoms with Crippen molar-refractivity contribution < 1.29 is 14.8 Å². The molecule has 1 aliphatic rings. The molecule has 0 aromatic carbocycles. The van der Waals surface area contributed by atoms with Crippen molar-refractivity contribution in [3.05, 3.63) is 52.6 Å². The summed E-state index contributed by atoms with van der Waals surface area (Å²) in [5.41, 5.74) is 4.97. The minimum Gasteiger partial charge on any atom is -0.506 e. The topological polar surface area (TPSA) is 89.2 Å². The summed E-state index contributed by atoms with van der Waals surface area (Å²) in [6.45, 7) is 8.60. The van der Waals surface area contributed by atoms with Crippen LogP contribution in [0.15, 0.2) is 34.6 Å². The molecule has 1 N–H and O–H groups in total. The molecule has 0 atom stereocenters. The van der Waals surface area contributed by atoms with E-state index in [4.69, 9.17) is 9.68 Å². The van der Waals surface area contributed by atoms with E-state index in [1.165, 1.54) is 11.8 Å². The lowest BCUT2D eigenvalue weighted by atomic mass is 9.94. The van der Waals surface area contributed by atoms with Gasteiger partial charge in [0.25, 0.3) is 0 Å². The third-order valence-electron chi connectivity index (χ3n) is 4.63. The average molecular weight is 396 g/mol. The van der Waals surface area contributed by atoms with Gasteiger partial charge in [-0.15, -0.1) is 0 Å². The summed E-state index contributed by atoms with van der Waals surface area (Å²) >= 11 is 0. The summed E-state index contributed by atoms with van der Waals surface area (Å²) in [5.74, 6) is 0.0676. The van der Waals surface area contributed by atoms with Gasteiger partial charge in [0.15, 0.2) is 0 Å². The standard InChI is InChI=1S/C22H28N4O3/c1-15-9-11-20(27)19(24-15)12-23-28-13-22(3,4)14-29-26-18-7-5-6-17-10-8-16(2)25-21(17)18/h8-12,27H,5-7,13-14H2,1-4H3. The van der Waals surface area contributed by atoms with Crippen molar-refractivity contribution in [1.82, 2.24) is 9.97 Å². The third kappa shape index (κ3) is 5.76. The van der Waals surface area contributed by atoms with E-state index in [1.807, 2.05) is 33.8 Å². The molecule has 0 fully saturated rings. The van der Waals surface area contributed by atoms with E-state index in [1.54, 1.807) is 12.1 Å². The zero-order valence-corrected chi connectivity index (χ0v) is 17.5. The van der Waals surface area contributed by atoms with Gasteiger partial charge in [-0.25, -0.2) is 4.98 Å². The molecule has 2 heterocycles. The predicted molar refractivity (Wildman–Crippen MR) is 112 cm³/mol. The molecule has 2 aromatic heterocycles. The number of fused-ring (bicyclic) bond motifs is 1. The summed E-state index contributed by atoms with van der Waals surface area (Å²) in [7, 11) is 0. The molecule has 0 aliphatic heterocycles. The van der Waals surface area contributed by atoms with Crippen molar-refractivity contribution in [2.45, 2.75) is 47.0 Å². The summed E-state index contributed by atoms with van der Waals surface area (Å²) in [6.07, 6.45) is 4.37. The fourth-order valence-corrected chi connectivity index (χ4v) is 2.98. The fraction of sp³-hybridized carbons (Fsp3) is 0.455. The maximum Gasteiger partial charge on any atom is 0.142 e. The Hall–Kier alpha value is -2.96. The second-order valence-corrected chi connectivity index (χ2v) is 8.15.